The van der Waals surface area contributed by atoms with E-state index in [4.69, 9.17) is 5.84 Å². The van der Waals surface area contributed by atoms with Crippen molar-refractivity contribution in [1.29, 1.82) is 0 Å². The monoisotopic (exact) mass is 252 g/mol. The summed E-state index contributed by atoms with van der Waals surface area (Å²) in [6.45, 7) is 4.54. The number of hydrazine groups is 1. The summed E-state index contributed by atoms with van der Waals surface area (Å²) in [6, 6.07) is 10.9. The minimum absolute atomic E-state index is 0.404. The average molecular weight is 252 g/mol. The van der Waals surface area contributed by atoms with Gasteiger partial charge in [-0.3, -0.25) is 11.3 Å². The van der Waals surface area contributed by atoms with E-state index < -0.39 is 0 Å². The van der Waals surface area contributed by atoms with Crippen LogP contribution in [0.5, 0.6) is 0 Å². The molecule has 0 aliphatic rings. The molecule has 0 aliphatic carbocycles. The van der Waals surface area contributed by atoms with Crippen LogP contribution in [0.3, 0.4) is 0 Å². The quantitative estimate of drug-likeness (QED) is 0.423. The van der Waals surface area contributed by atoms with Crippen molar-refractivity contribution in [2.45, 2.75) is 44.0 Å². The highest BCUT2D eigenvalue weighted by molar-refractivity contribution is 7.99. The first-order valence-corrected chi connectivity index (χ1v) is 7.38. The highest BCUT2D eigenvalue weighted by atomic mass is 32.2. The molecule has 0 fully saturated rings. The van der Waals surface area contributed by atoms with E-state index in [0.717, 1.165) is 18.1 Å². The van der Waals surface area contributed by atoms with Crippen molar-refractivity contribution in [3.63, 3.8) is 0 Å². The molecule has 2 nitrogen and oxygen atoms in total. The number of nitrogens with one attached hydrogen (secondary N) is 1. The van der Waals surface area contributed by atoms with Gasteiger partial charge in [0.25, 0.3) is 0 Å². The first kappa shape index (κ1) is 14.6. The Kier molecular flexibility index (Phi) is 7.33. The summed E-state index contributed by atoms with van der Waals surface area (Å²) in [4.78, 5) is 1.32. The van der Waals surface area contributed by atoms with Crippen LogP contribution in [-0.2, 0) is 0 Å². The lowest BCUT2D eigenvalue weighted by Crippen LogP contribution is -2.38. The SMILES string of the molecule is CCCC(C)CC(CSc1ccccc1)NN. The molecule has 0 bridgehead atoms. The van der Waals surface area contributed by atoms with Gasteiger partial charge in [-0.05, 0) is 24.5 Å². The number of nitrogens with two attached hydrogens (primary N) is 1. The fourth-order valence-electron chi connectivity index (χ4n) is 1.99. The van der Waals surface area contributed by atoms with E-state index in [-0.39, 0.29) is 0 Å². The topological polar surface area (TPSA) is 38.0 Å². The van der Waals surface area contributed by atoms with E-state index in [0.29, 0.717) is 6.04 Å². The van der Waals surface area contributed by atoms with Crippen molar-refractivity contribution in [3.05, 3.63) is 30.3 Å². The minimum Gasteiger partial charge on any atom is -0.271 e. The Labute approximate surface area is 109 Å². The van der Waals surface area contributed by atoms with Crippen LogP contribution in [-0.4, -0.2) is 11.8 Å². The molecule has 96 valence electrons. The maximum absolute atomic E-state index is 5.62. The van der Waals surface area contributed by atoms with Crippen LogP contribution in [0.15, 0.2) is 35.2 Å². The van der Waals surface area contributed by atoms with Gasteiger partial charge in [-0.15, -0.1) is 11.8 Å². The molecule has 0 radical (unpaired) electrons. The van der Waals surface area contributed by atoms with Crippen LogP contribution >= 0.6 is 11.8 Å². The minimum atomic E-state index is 0.404. The number of rotatable bonds is 8. The van der Waals surface area contributed by atoms with Gasteiger partial charge in [0.2, 0.25) is 0 Å². The van der Waals surface area contributed by atoms with Crippen molar-refractivity contribution in [2.75, 3.05) is 5.75 Å². The van der Waals surface area contributed by atoms with Crippen LogP contribution < -0.4 is 11.3 Å². The van der Waals surface area contributed by atoms with Crippen LogP contribution in [0, 0.1) is 5.92 Å². The van der Waals surface area contributed by atoms with E-state index in [9.17, 15) is 0 Å². The smallest absolute Gasteiger partial charge is 0.0307 e. The van der Waals surface area contributed by atoms with Crippen LogP contribution in [0.2, 0.25) is 0 Å². The molecular weight excluding hydrogens is 228 g/mol. The van der Waals surface area contributed by atoms with Gasteiger partial charge in [0, 0.05) is 16.7 Å². The van der Waals surface area contributed by atoms with Crippen LogP contribution in [0.4, 0.5) is 0 Å². The second kappa shape index (κ2) is 8.56. The molecule has 0 spiro atoms. The molecule has 0 saturated heterocycles. The van der Waals surface area contributed by atoms with Crippen molar-refractivity contribution < 1.29 is 0 Å². The van der Waals surface area contributed by atoms with E-state index in [1.807, 2.05) is 17.8 Å². The summed E-state index contributed by atoms with van der Waals surface area (Å²) in [5.41, 5.74) is 2.94. The molecule has 3 N–H and O–H groups in total. The standard InChI is InChI=1S/C14H24N2S/c1-3-7-12(2)10-13(16-15)11-17-14-8-5-4-6-9-14/h4-6,8-9,12-13,16H,3,7,10-11,15H2,1-2H3. The molecule has 17 heavy (non-hydrogen) atoms. The maximum Gasteiger partial charge on any atom is 0.0307 e. The number of benzene rings is 1. The molecule has 3 heteroatoms. The Morgan fingerprint density at radius 2 is 2.00 bits per heavy atom. The molecule has 0 heterocycles. The molecular formula is C14H24N2S. The van der Waals surface area contributed by atoms with E-state index >= 15 is 0 Å². The summed E-state index contributed by atoms with van der Waals surface area (Å²) >= 11 is 1.87. The van der Waals surface area contributed by atoms with Gasteiger partial charge in [0.05, 0.1) is 0 Å². The van der Waals surface area contributed by atoms with E-state index in [1.165, 1.54) is 17.7 Å². The predicted octanol–water partition coefficient (Wildman–Crippen LogP) is 3.44. The molecule has 1 aromatic carbocycles. The molecule has 1 rings (SSSR count). The fourth-order valence-corrected chi connectivity index (χ4v) is 2.97. The third-order valence-corrected chi connectivity index (χ3v) is 4.07. The van der Waals surface area contributed by atoms with Gasteiger partial charge in [0.1, 0.15) is 0 Å². The van der Waals surface area contributed by atoms with Gasteiger partial charge >= 0.3 is 0 Å². The zero-order valence-corrected chi connectivity index (χ0v) is 11.7. The lowest BCUT2D eigenvalue weighted by molar-refractivity contribution is 0.408. The molecule has 2 unspecified atom stereocenters. The highest BCUT2D eigenvalue weighted by Crippen LogP contribution is 2.21. The Morgan fingerprint density at radius 3 is 2.59 bits per heavy atom. The van der Waals surface area contributed by atoms with Gasteiger partial charge in [-0.25, -0.2) is 0 Å². The first-order valence-electron chi connectivity index (χ1n) is 6.40. The van der Waals surface area contributed by atoms with Crippen molar-refractivity contribution >= 4 is 11.8 Å². The Balaban J connectivity index is 2.32. The van der Waals surface area contributed by atoms with E-state index in [1.54, 1.807) is 0 Å². The summed E-state index contributed by atoms with van der Waals surface area (Å²) in [7, 11) is 0. The summed E-state index contributed by atoms with van der Waals surface area (Å²) < 4.78 is 0. The van der Waals surface area contributed by atoms with Gasteiger partial charge in [0.15, 0.2) is 0 Å². The second-order valence-electron chi connectivity index (χ2n) is 4.62. The first-order chi connectivity index (χ1) is 8.26. The molecule has 0 saturated carbocycles. The summed E-state index contributed by atoms with van der Waals surface area (Å²) in [6.07, 6.45) is 3.70. The maximum atomic E-state index is 5.62. The molecule has 0 aromatic heterocycles. The lowest BCUT2D eigenvalue weighted by Gasteiger charge is -2.19. The molecule has 0 aliphatic heterocycles. The number of hydrogen-bond donors (Lipinski definition) is 2. The van der Waals surface area contributed by atoms with E-state index in [2.05, 4.69) is 43.5 Å². The molecule has 0 amide bonds. The summed E-state index contributed by atoms with van der Waals surface area (Å²) in [5, 5.41) is 0. The van der Waals surface area contributed by atoms with Crippen molar-refractivity contribution in [1.82, 2.24) is 5.43 Å². The van der Waals surface area contributed by atoms with Crippen molar-refractivity contribution in [3.8, 4) is 0 Å². The number of thioether (sulfide) groups is 1. The number of hydrogen-bond acceptors (Lipinski definition) is 3. The van der Waals surface area contributed by atoms with Crippen molar-refractivity contribution in [2.24, 2.45) is 11.8 Å². The Bertz CT molecular complexity index is 290. The lowest BCUT2D eigenvalue weighted by atomic mass is 9.98. The van der Waals surface area contributed by atoms with Gasteiger partial charge in [-0.2, -0.15) is 0 Å². The second-order valence-corrected chi connectivity index (χ2v) is 5.71. The van der Waals surface area contributed by atoms with Gasteiger partial charge in [-0.1, -0.05) is 44.9 Å². The fraction of sp³-hybridized carbons (Fsp3) is 0.571. The largest absolute Gasteiger partial charge is 0.271 e. The zero-order chi connectivity index (χ0) is 12.5. The Morgan fingerprint density at radius 1 is 1.29 bits per heavy atom. The van der Waals surface area contributed by atoms with Gasteiger partial charge < -0.3 is 0 Å². The Hall–Kier alpha value is -0.510. The normalized spacial score (nSPS) is 14.5. The average Bonchev–Trinajstić information content (AvgIpc) is 2.36. The third-order valence-electron chi connectivity index (χ3n) is 2.90. The predicted molar refractivity (Wildman–Crippen MR) is 77.0 cm³/mol. The van der Waals surface area contributed by atoms with Crippen LogP contribution in [0.25, 0.3) is 0 Å². The highest BCUT2D eigenvalue weighted by Gasteiger charge is 2.11. The molecule has 1 aromatic rings. The zero-order valence-electron chi connectivity index (χ0n) is 10.9. The third kappa shape index (κ3) is 6.10. The van der Waals surface area contributed by atoms with Crippen LogP contribution in [0.1, 0.15) is 33.1 Å². The summed E-state index contributed by atoms with van der Waals surface area (Å²) in [5.74, 6) is 7.40. The molecule has 2 atom stereocenters.